The summed E-state index contributed by atoms with van der Waals surface area (Å²) in [7, 11) is 0. The number of hydrogen-bond donors (Lipinski definition) is 0. The van der Waals surface area contributed by atoms with E-state index in [9.17, 15) is 0 Å². The third-order valence-electron chi connectivity index (χ3n) is 10.1. The van der Waals surface area contributed by atoms with Crippen molar-refractivity contribution in [2.75, 3.05) is 22.9 Å². The molecule has 2 aromatic heterocycles. The molecule has 0 saturated heterocycles. The minimum atomic E-state index is -0.402. The van der Waals surface area contributed by atoms with Crippen molar-refractivity contribution in [2.45, 2.75) is 31.3 Å². The summed E-state index contributed by atoms with van der Waals surface area (Å²) >= 11 is 0. The first kappa shape index (κ1) is 23.5. The number of hydrogen-bond acceptors (Lipinski definition) is 4. The monoisotopic (exact) mass is 558 g/mol. The summed E-state index contributed by atoms with van der Waals surface area (Å²) in [6.45, 7) is 3.97. The van der Waals surface area contributed by atoms with E-state index in [1.807, 2.05) is 12.4 Å². The molecular formula is C37H30N6. The molecule has 4 heterocycles. The van der Waals surface area contributed by atoms with Crippen LogP contribution in [0, 0.1) is 0 Å². The Bertz CT molecular complexity index is 1930. The van der Waals surface area contributed by atoms with Gasteiger partial charge < -0.3 is 18.9 Å². The van der Waals surface area contributed by atoms with Gasteiger partial charge in [-0.25, -0.2) is 9.97 Å². The lowest BCUT2D eigenvalue weighted by Gasteiger charge is -2.34. The Kier molecular flexibility index (Phi) is 4.63. The van der Waals surface area contributed by atoms with Crippen LogP contribution in [-0.2, 0) is 18.5 Å². The predicted octanol–water partition coefficient (Wildman–Crippen LogP) is 7.51. The molecule has 208 valence electrons. The van der Waals surface area contributed by atoms with E-state index >= 15 is 0 Å². The van der Waals surface area contributed by atoms with Gasteiger partial charge >= 0.3 is 0 Å². The Morgan fingerprint density at radius 1 is 0.488 bits per heavy atom. The van der Waals surface area contributed by atoms with Crippen LogP contribution in [0.3, 0.4) is 0 Å². The molecule has 0 amide bonds. The van der Waals surface area contributed by atoms with Crippen LogP contribution >= 0.6 is 0 Å². The third kappa shape index (κ3) is 2.98. The molecule has 0 N–H and O–H groups in total. The quantitative estimate of drug-likeness (QED) is 0.220. The molecule has 0 saturated carbocycles. The van der Waals surface area contributed by atoms with E-state index in [-0.39, 0.29) is 0 Å². The van der Waals surface area contributed by atoms with Crippen molar-refractivity contribution in [1.29, 1.82) is 0 Å². The van der Waals surface area contributed by atoms with Gasteiger partial charge in [-0.15, -0.1) is 0 Å². The van der Waals surface area contributed by atoms with Gasteiger partial charge in [-0.05, 0) is 81.6 Å². The van der Waals surface area contributed by atoms with Crippen molar-refractivity contribution in [3.05, 3.63) is 132 Å². The van der Waals surface area contributed by atoms with Crippen molar-refractivity contribution in [3.8, 4) is 22.3 Å². The Labute approximate surface area is 250 Å². The van der Waals surface area contributed by atoms with E-state index in [4.69, 9.17) is 9.97 Å². The molecule has 0 unspecified atom stereocenters. The number of rotatable bonds is 2. The lowest BCUT2D eigenvalue weighted by molar-refractivity contribution is 0.591. The fourth-order valence-corrected chi connectivity index (χ4v) is 8.38. The largest absolute Gasteiger partial charge is 0.317 e. The average Bonchev–Trinajstić information content (AvgIpc) is 3.85. The van der Waals surface area contributed by atoms with Gasteiger partial charge in [-0.2, -0.15) is 0 Å². The number of anilines is 4. The van der Waals surface area contributed by atoms with E-state index in [1.165, 1.54) is 55.9 Å². The highest BCUT2D eigenvalue weighted by molar-refractivity contribution is 5.96. The Morgan fingerprint density at radius 3 is 1.47 bits per heavy atom. The maximum atomic E-state index is 4.76. The molecule has 6 aromatic rings. The second kappa shape index (κ2) is 8.48. The van der Waals surface area contributed by atoms with Gasteiger partial charge in [0.2, 0.25) is 11.9 Å². The molecule has 6 heteroatoms. The fraction of sp³-hybridized carbons (Fsp3) is 0.189. The molecule has 2 aliphatic heterocycles. The van der Waals surface area contributed by atoms with Gasteiger partial charge in [0.05, 0.1) is 5.41 Å². The molecule has 1 spiro atoms. The number of aromatic nitrogens is 4. The summed E-state index contributed by atoms with van der Waals surface area (Å²) in [6, 6.07) is 32.3. The van der Waals surface area contributed by atoms with Crippen molar-refractivity contribution in [1.82, 2.24) is 19.1 Å². The van der Waals surface area contributed by atoms with Crippen LogP contribution < -0.4 is 9.80 Å². The van der Waals surface area contributed by atoms with Crippen LogP contribution in [0.5, 0.6) is 0 Å². The van der Waals surface area contributed by atoms with Crippen LogP contribution in [0.1, 0.15) is 35.1 Å². The van der Waals surface area contributed by atoms with Gasteiger partial charge in [0.1, 0.15) is 0 Å². The van der Waals surface area contributed by atoms with E-state index in [1.54, 1.807) is 0 Å². The molecule has 0 radical (unpaired) electrons. The highest BCUT2D eigenvalue weighted by atomic mass is 15.3. The molecule has 0 bridgehead atoms. The minimum absolute atomic E-state index is 0.402. The lowest BCUT2D eigenvalue weighted by Crippen LogP contribution is -2.30. The molecule has 0 atom stereocenters. The molecular weight excluding hydrogens is 528 g/mol. The Morgan fingerprint density at radius 2 is 0.953 bits per heavy atom. The van der Waals surface area contributed by atoms with Crippen molar-refractivity contribution >= 4 is 23.3 Å². The summed E-state index contributed by atoms with van der Waals surface area (Å²) in [6.07, 6.45) is 10.3. The van der Waals surface area contributed by atoms with Crippen LogP contribution in [0.25, 0.3) is 22.3 Å². The third-order valence-corrected chi connectivity index (χ3v) is 10.1. The van der Waals surface area contributed by atoms with Gasteiger partial charge in [0, 0.05) is 62.3 Å². The Hall–Kier alpha value is -5.10. The SMILES string of the molecule is c1ccc2c(c1)-c1ccc(N3CCCn4ccnc43)cc1C21c2ccccc2-c2ccc(N3CCCn4ccnc43)cc21. The van der Waals surface area contributed by atoms with E-state index < -0.39 is 5.41 Å². The number of aryl methyl sites for hydroxylation is 2. The highest BCUT2D eigenvalue weighted by Crippen LogP contribution is 2.63. The molecule has 6 nitrogen and oxygen atoms in total. The highest BCUT2D eigenvalue weighted by Gasteiger charge is 2.52. The summed E-state index contributed by atoms with van der Waals surface area (Å²) < 4.78 is 4.55. The van der Waals surface area contributed by atoms with Gasteiger partial charge in [-0.1, -0.05) is 60.7 Å². The maximum absolute atomic E-state index is 4.76. The second-order valence-corrected chi connectivity index (χ2v) is 12.2. The first-order valence-electron chi connectivity index (χ1n) is 15.4. The van der Waals surface area contributed by atoms with Crippen molar-refractivity contribution in [2.24, 2.45) is 0 Å². The maximum Gasteiger partial charge on any atom is 0.210 e. The number of imidazole rings is 2. The number of benzene rings is 4. The number of fused-ring (bicyclic) bond motifs is 12. The normalized spacial score (nSPS) is 16.8. The van der Waals surface area contributed by atoms with Crippen molar-refractivity contribution in [3.63, 3.8) is 0 Å². The lowest BCUT2D eigenvalue weighted by atomic mass is 9.70. The summed E-state index contributed by atoms with van der Waals surface area (Å²) in [5, 5.41) is 0. The summed E-state index contributed by atoms with van der Waals surface area (Å²) in [4.78, 5) is 14.3. The van der Waals surface area contributed by atoms with Gasteiger partial charge in [0.25, 0.3) is 0 Å². The molecule has 10 rings (SSSR count). The molecule has 4 aliphatic rings. The predicted molar refractivity (Wildman–Crippen MR) is 170 cm³/mol. The molecule has 0 fully saturated rings. The molecule has 43 heavy (non-hydrogen) atoms. The van der Waals surface area contributed by atoms with Crippen molar-refractivity contribution < 1.29 is 0 Å². The molecule has 4 aromatic carbocycles. The standard InChI is InChI=1S/C37H30N6/c1-3-9-31-27(7-1)29-13-11-25(42-19-5-17-40-21-15-38-35(40)42)23-33(29)37(31)32-10-4-2-8-28(32)30-14-12-26(24-34(30)37)43-20-6-18-41-22-16-39-36(41)43/h1-4,7-16,21-24H,5-6,17-20H2. The molecule has 2 aliphatic carbocycles. The zero-order valence-electron chi connectivity index (χ0n) is 23.8. The summed E-state index contributed by atoms with van der Waals surface area (Å²) in [5.74, 6) is 2.07. The Balaban J connectivity index is 1.25. The average molecular weight is 559 g/mol. The zero-order chi connectivity index (χ0) is 28.1. The van der Waals surface area contributed by atoms with E-state index in [0.29, 0.717) is 0 Å². The van der Waals surface area contributed by atoms with E-state index in [2.05, 4.69) is 116 Å². The van der Waals surface area contributed by atoms with Crippen LogP contribution in [-0.4, -0.2) is 32.2 Å². The smallest absolute Gasteiger partial charge is 0.210 e. The van der Waals surface area contributed by atoms with Gasteiger partial charge in [0.15, 0.2) is 0 Å². The first-order chi connectivity index (χ1) is 21.3. The van der Waals surface area contributed by atoms with Crippen LogP contribution in [0.2, 0.25) is 0 Å². The first-order valence-corrected chi connectivity index (χ1v) is 15.4. The van der Waals surface area contributed by atoms with Crippen LogP contribution in [0.15, 0.2) is 110 Å². The second-order valence-electron chi connectivity index (χ2n) is 12.2. The van der Waals surface area contributed by atoms with Crippen LogP contribution in [0.4, 0.5) is 23.3 Å². The zero-order valence-corrected chi connectivity index (χ0v) is 23.8. The fourth-order valence-electron chi connectivity index (χ4n) is 8.38. The van der Waals surface area contributed by atoms with E-state index in [0.717, 1.165) is 50.9 Å². The minimum Gasteiger partial charge on any atom is -0.317 e. The van der Waals surface area contributed by atoms with Gasteiger partial charge in [-0.3, -0.25) is 0 Å². The number of nitrogens with zero attached hydrogens (tertiary/aromatic N) is 6. The summed E-state index contributed by atoms with van der Waals surface area (Å²) in [5.41, 5.74) is 12.8. The topological polar surface area (TPSA) is 42.1 Å².